The summed E-state index contributed by atoms with van der Waals surface area (Å²) in [6.45, 7) is 2.69. The number of rotatable bonds is 7. The minimum Gasteiger partial charge on any atom is -0.358 e. The molecular formula is C32H28FN9O2. The van der Waals surface area contributed by atoms with Crippen LogP contribution in [-0.2, 0) is 4.74 Å². The molecule has 4 aromatic heterocycles. The quantitative estimate of drug-likeness (QED) is 0.225. The largest absolute Gasteiger partial charge is 0.358 e. The van der Waals surface area contributed by atoms with Crippen molar-refractivity contribution in [2.45, 2.75) is 32.4 Å². The molecule has 0 saturated carbocycles. The van der Waals surface area contributed by atoms with Crippen molar-refractivity contribution < 1.29 is 13.9 Å². The summed E-state index contributed by atoms with van der Waals surface area (Å²) < 4.78 is 22.8. The standard InChI is InChI=1S/C32H28FN9O2/c1-20-7-10-22(38-32(43)25-13-15-42(40-25)23-11-8-21(33)9-12-23)17-26(20)39-30-24(5-4-14-34-30)28-29-31(36-18-35-28)41(19-37-29)27-6-2-3-16-44-27/h4-5,7-15,17-19,27H,2-3,6,16H2,1H3,(H,34,39)(H,38,43). The van der Waals surface area contributed by atoms with Gasteiger partial charge < -0.3 is 15.4 Å². The molecule has 1 unspecified atom stereocenters. The number of aryl methyl sites for hydroxylation is 1. The van der Waals surface area contributed by atoms with Crippen molar-refractivity contribution >= 4 is 34.3 Å². The third kappa shape index (κ3) is 5.38. The first-order valence-electron chi connectivity index (χ1n) is 14.3. The Hall–Kier alpha value is -5.49. The van der Waals surface area contributed by atoms with Crippen LogP contribution < -0.4 is 10.6 Å². The molecule has 0 spiro atoms. The van der Waals surface area contributed by atoms with E-state index in [4.69, 9.17) is 4.74 Å². The minimum atomic E-state index is -0.375. The summed E-state index contributed by atoms with van der Waals surface area (Å²) in [5.41, 5.74) is 5.94. The highest BCUT2D eigenvalue weighted by Gasteiger charge is 2.22. The fourth-order valence-electron chi connectivity index (χ4n) is 5.24. The maximum atomic E-state index is 13.3. The summed E-state index contributed by atoms with van der Waals surface area (Å²) in [5, 5.41) is 10.7. The van der Waals surface area contributed by atoms with Gasteiger partial charge in [0.25, 0.3) is 5.91 Å². The van der Waals surface area contributed by atoms with E-state index >= 15 is 0 Å². The number of amides is 1. The molecule has 1 saturated heterocycles. The zero-order valence-corrected chi connectivity index (χ0v) is 23.8. The number of ether oxygens (including phenoxy) is 1. The number of carbonyl (C=O) groups excluding carboxylic acids is 1. The molecule has 0 bridgehead atoms. The van der Waals surface area contributed by atoms with Gasteiger partial charge in [-0.2, -0.15) is 5.10 Å². The molecule has 220 valence electrons. The van der Waals surface area contributed by atoms with Crippen LogP contribution in [0.15, 0.2) is 85.7 Å². The normalized spacial score (nSPS) is 14.9. The summed E-state index contributed by atoms with van der Waals surface area (Å²) in [5.74, 6) is -0.132. The van der Waals surface area contributed by atoms with Crippen LogP contribution in [0.2, 0.25) is 0 Å². The number of hydrogen-bond acceptors (Lipinski definition) is 8. The van der Waals surface area contributed by atoms with Crippen LogP contribution in [0.5, 0.6) is 0 Å². The molecular weight excluding hydrogens is 561 g/mol. The van der Waals surface area contributed by atoms with Crippen LogP contribution in [0.3, 0.4) is 0 Å². The van der Waals surface area contributed by atoms with Crippen molar-refractivity contribution in [2.75, 3.05) is 17.2 Å². The number of nitrogens with zero attached hydrogens (tertiary/aromatic N) is 7. The number of pyridine rings is 1. The average Bonchev–Trinajstić information content (AvgIpc) is 3.72. The first kappa shape index (κ1) is 27.3. The van der Waals surface area contributed by atoms with Crippen LogP contribution in [0.4, 0.5) is 21.6 Å². The Kier molecular flexibility index (Phi) is 7.24. The molecule has 5 heterocycles. The molecule has 1 fully saturated rings. The molecule has 2 aromatic carbocycles. The zero-order valence-electron chi connectivity index (χ0n) is 23.8. The fourth-order valence-corrected chi connectivity index (χ4v) is 5.24. The number of imidazole rings is 1. The van der Waals surface area contributed by atoms with Gasteiger partial charge in [0.15, 0.2) is 11.3 Å². The molecule has 6 aromatic rings. The molecule has 12 heteroatoms. The number of fused-ring (bicyclic) bond motifs is 1. The second-order valence-electron chi connectivity index (χ2n) is 10.5. The topological polar surface area (TPSA) is 125 Å². The lowest BCUT2D eigenvalue weighted by molar-refractivity contribution is -0.0298. The van der Waals surface area contributed by atoms with Gasteiger partial charge in [-0.3, -0.25) is 9.36 Å². The lowest BCUT2D eigenvalue weighted by Crippen LogP contribution is -2.17. The first-order valence-corrected chi connectivity index (χ1v) is 14.3. The molecule has 2 N–H and O–H groups in total. The van der Waals surface area contributed by atoms with E-state index in [-0.39, 0.29) is 23.6 Å². The van der Waals surface area contributed by atoms with Crippen molar-refractivity contribution in [3.8, 4) is 16.9 Å². The Balaban J connectivity index is 1.14. The predicted octanol–water partition coefficient (Wildman–Crippen LogP) is 6.22. The molecule has 7 rings (SSSR count). The summed E-state index contributed by atoms with van der Waals surface area (Å²) in [6.07, 6.45) is 9.62. The number of halogens is 1. The van der Waals surface area contributed by atoms with Gasteiger partial charge in [-0.15, -0.1) is 0 Å². The van der Waals surface area contributed by atoms with Crippen molar-refractivity contribution in [3.63, 3.8) is 0 Å². The zero-order chi connectivity index (χ0) is 30.0. The van der Waals surface area contributed by atoms with Gasteiger partial charge in [0.1, 0.15) is 35.4 Å². The van der Waals surface area contributed by atoms with Gasteiger partial charge in [-0.05, 0) is 86.3 Å². The summed E-state index contributed by atoms with van der Waals surface area (Å²) >= 11 is 0. The van der Waals surface area contributed by atoms with Crippen LogP contribution in [0.1, 0.15) is 41.5 Å². The number of aromatic nitrogens is 7. The van der Waals surface area contributed by atoms with Crippen LogP contribution in [0, 0.1) is 12.7 Å². The van der Waals surface area contributed by atoms with E-state index in [1.165, 1.54) is 23.1 Å². The van der Waals surface area contributed by atoms with Crippen molar-refractivity contribution in [3.05, 3.63) is 103 Å². The van der Waals surface area contributed by atoms with E-state index in [1.807, 2.05) is 41.8 Å². The highest BCUT2D eigenvalue weighted by atomic mass is 19.1. The Bertz CT molecular complexity index is 1960. The number of anilines is 3. The summed E-state index contributed by atoms with van der Waals surface area (Å²) in [4.78, 5) is 31.4. The molecule has 44 heavy (non-hydrogen) atoms. The Labute approximate surface area is 251 Å². The minimum absolute atomic E-state index is 0.0970. The number of carbonyl (C=O) groups is 1. The molecule has 1 atom stereocenters. The van der Waals surface area contributed by atoms with Crippen molar-refractivity contribution in [2.24, 2.45) is 0 Å². The van der Waals surface area contributed by atoms with Crippen molar-refractivity contribution in [1.29, 1.82) is 0 Å². The van der Waals surface area contributed by atoms with Gasteiger partial charge in [0, 0.05) is 35.9 Å². The SMILES string of the molecule is Cc1ccc(NC(=O)c2ccn(-c3ccc(F)cc3)n2)cc1Nc1ncccc1-c1ncnc2c1ncn2C1CCCCO1. The number of hydrogen-bond donors (Lipinski definition) is 2. The first-order chi connectivity index (χ1) is 21.5. The van der Waals surface area contributed by atoms with Gasteiger partial charge in [0.2, 0.25) is 0 Å². The molecule has 11 nitrogen and oxygen atoms in total. The third-order valence-electron chi connectivity index (χ3n) is 7.55. The molecule has 1 amide bonds. The highest BCUT2D eigenvalue weighted by Crippen LogP contribution is 2.34. The third-order valence-corrected chi connectivity index (χ3v) is 7.55. The maximum Gasteiger partial charge on any atom is 0.276 e. The Morgan fingerprint density at radius 3 is 2.75 bits per heavy atom. The van der Waals surface area contributed by atoms with Gasteiger partial charge in [-0.1, -0.05) is 6.07 Å². The number of nitrogens with one attached hydrogen (secondary N) is 2. The van der Waals surface area contributed by atoms with E-state index < -0.39 is 0 Å². The van der Waals surface area contributed by atoms with E-state index in [0.717, 1.165) is 42.7 Å². The summed E-state index contributed by atoms with van der Waals surface area (Å²) in [7, 11) is 0. The maximum absolute atomic E-state index is 13.3. The second kappa shape index (κ2) is 11.7. The second-order valence-corrected chi connectivity index (χ2v) is 10.5. The average molecular weight is 590 g/mol. The van der Waals surface area contributed by atoms with Crippen LogP contribution in [-0.4, -0.2) is 46.8 Å². The van der Waals surface area contributed by atoms with E-state index in [0.29, 0.717) is 34.1 Å². The smallest absolute Gasteiger partial charge is 0.276 e. The Morgan fingerprint density at radius 2 is 1.91 bits per heavy atom. The highest BCUT2D eigenvalue weighted by molar-refractivity contribution is 6.03. The van der Waals surface area contributed by atoms with E-state index in [1.54, 1.807) is 36.9 Å². The fraction of sp³-hybridized carbons (Fsp3) is 0.188. The van der Waals surface area contributed by atoms with Gasteiger partial charge >= 0.3 is 0 Å². The van der Waals surface area contributed by atoms with Crippen LogP contribution in [0.25, 0.3) is 28.1 Å². The lowest BCUT2D eigenvalue weighted by Gasteiger charge is -2.23. The summed E-state index contributed by atoms with van der Waals surface area (Å²) in [6, 6.07) is 16.8. The lowest BCUT2D eigenvalue weighted by atomic mass is 10.1. The van der Waals surface area contributed by atoms with Gasteiger partial charge in [0.05, 0.1) is 12.0 Å². The van der Waals surface area contributed by atoms with Gasteiger partial charge in [-0.25, -0.2) is 29.0 Å². The van der Waals surface area contributed by atoms with Crippen LogP contribution >= 0.6 is 0 Å². The molecule has 1 aliphatic rings. The van der Waals surface area contributed by atoms with E-state index in [2.05, 4.69) is 35.7 Å². The number of benzene rings is 2. The predicted molar refractivity (Wildman–Crippen MR) is 163 cm³/mol. The molecule has 0 aliphatic carbocycles. The van der Waals surface area contributed by atoms with E-state index in [9.17, 15) is 9.18 Å². The molecule has 1 aliphatic heterocycles. The van der Waals surface area contributed by atoms with Crippen molar-refractivity contribution in [1.82, 2.24) is 34.3 Å². The molecule has 0 radical (unpaired) electrons. The Morgan fingerprint density at radius 1 is 1.02 bits per heavy atom. The monoisotopic (exact) mass is 589 g/mol.